The summed E-state index contributed by atoms with van der Waals surface area (Å²) in [6.45, 7) is 3.96. The maximum atomic E-state index is 14.5. The van der Waals surface area contributed by atoms with Gasteiger partial charge >= 0.3 is 0 Å². The van der Waals surface area contributed by atoms with E-state index in [2.05, 4.69) is 21.2 Å². The number of nitrogens with one attached hydrogen (secondary N) is 1. The number of aryl methyl sites for hydroxylation is 1. The predicted molar refractivity (Wildman–Crippen MR) is 184 cm³/mol. The summed E-state index contributed by atoms with van der Waals surface area (Å²) in [5.74, 6) is -0.813. The van der Waals surface area contributed by atoms with Crippen molar-refractivity contribution < 1.29 is 18.0 Å². The zero-order chi connectivity index (χ0) is 32.4. The molecule has 10 heteroatoms. The van der Waals surface area contributed by atoms with Crippen LogP contribution in [-0.4, -0.2) is 44.3 Å². The van der Waals surface area contributed by atoms with E-state index in [0.717, 1.165) is 38.3 Å². The van der Waals surface area contributed by atoms with Gasteiger partial charge in [-0.3, -0.25) is 13.9 Å². The zero-order valence-electron chi connectivity index (χ0n) is 25.3. The van der Waals surface area contributed by atoms with Crippen molar-refractivity contribution in [3.05, 3.63) is 129 Å². The summed E-state index contributed by atoms with van der Waals surface area (Å²) in [6.07, 6.45) is 1.95. The highest BCUT2D eigenvalue weighted by Gasteiger charge is 2.34. The minimum atomic E-state index is -4.18. The lowest BCUT2D eigenvalue weighted by Crippen LogP contribution is -2.53. The number of unbranched alkanes of at least 4 members (excludes halogenated alkanes) is 1. The summed E-state index contributed by atoms with van der Waals surface area (Å²) in [5, 5.41) is 3.43. The maximum Gasteiger partial charge on any atom is 0.264 e. The first-order chi connectivity index (χ1) is 21.6. The highest BCUT2D eigenvalue weighted by molar-refractivity contribution is 9.10. The Bertz CT molecular complexity index is 1670. The molecule has 0 fully saturated rings. The summed E-state index contributed by atoms with van der Waals surface area (Å²) >= 11 is 9.59. The third-order valence-corrected chi connectivity index (χ3v) is 9.94. The summed E-state index contributed by atoms with van der Waals surface area (Å²) in [7, 11) is -4.18. The van der Waals surface area contributed by atoms with Gasteiger partial charge in [-0.05, 0) is 73.0 Å². The molecule has 1 N–H and O–H groups in total. The van der Waals surface area contributed by atoms with Gasteiger partial charge in [-0.15, -0.1) is 0 Å². The number of carbonyl (C=O) groups is 2. The molecule has 45 heavy (non-hydrogen) atoms. The number of sulfonamides is 1. The second-order valence-corrected chi connectivity index (χ2v) is 14.0. The molecule has 0 aliphatic heterocycles. The van der Waals surface area contributed by atoms with E-state index in [1.54, 1.807) is 36.4 Å². The van der Waals surface area contributed by atoms with Gasteiger partial charge in [-0.2, -0.15) is 0 Å². The number of anilines is 1. The smallest absolute Gasteiger partial charge is 0.264 e. The molecule has 0 radical (unpaired) electrons. The molecule has 0 bridgehead atoms. The van der Waals surface area contributed by atoms with E-state index in [1.807, 2.05) is 68.4 Å². The molecule has 0 saturated carbocycles. The maximum absolute atomic E-state index is 14.5. The molecule has 7 nitrogen and oxygen atoms in total. The standard InChI is InChI=1S/C35H37BrClN3O4S/c1-3-4-22-38-35(42)33(23-27-8-6-5-7-9-27)39(24-28-12-14-29(36)15-13-28)34(41)25-40(31-18-16-30(37)17-19-31)45(43,44)32-20-10-26(2)11-21-32/h5-21,33H,3-4,22-25H2,1-2H3,(H,38,42)/t33-/m1/s1. The second-order valence-electron chi connectivity index (χ2n) is 10.8. The molecule has 236 valence electrons. The molecule has 4 aromatic rings. The van der Waals surface area contributed by atoms with Gasteiger partial charge in [0.1, 0.15) is 12.6 Å². The molecule has 2 amide bonds. The number of hydrogen-bond donors (Lipinski definition) is 1. The van der Waals surface area contributed by atoms with Crippen LogP contribution in [0.3, 0.4) is 0 Å². The van der Waals surface area contributed by atoms with Crippen LogP contribution in [0.1, 0.15) is 36.5 Å². The van der Waals surface area contributed by atoms with E-state index in [0.29, 0.717) is 11.6 Å². The number of benzene rings is 4. The lowest BCUT2D eigenvalue weighted by molar-refractivity contribution is -0.140. The molecule has 0 spiro atoms. The van der Waals surface area contributed by atoms with Gasteiger partial charge in [-0.1, -0.05) is 101 Å². The van der Waals surface area contributed by atoms with Crippen LogP contribution < -0.4 is 9.62 Å². The average molecular weight is 711 g/mol. The van der Waals surface area contributed by atoms with E-state index in [9.17, 15) is 18.0 Å². The topological polar surface area (TPSA) is 86.8 Å². The van der Waals surface area contributed by atoms with Crippen molar-refractivity contribution in [1.29, 1.82) is 0 Å². The average Bonchev–Trinajstić information content (AvgIpc) is 3.03. The van der Waals surface area contributed by atoms with E-state index in [4.69, 9.17) is 11.6 Å². The molecule has 0 unspecified atom stereocenters. The monoisotopic (exact) mass is 709 g/mol. The van der Waals surface area contributed by atoms with Crippen LogP contribution >= 0.6 is 27.5 Å². The number of halogens is 2. The van der Waals surface area contributed by atoms with Gasteiger partial charge in [-0.25, -0.2) is 8.42 Å². The SMILES string of the molecule is CCCCNC(=O)[C@@H](Cc1ccccc1)N(Cc1ccc(Br)cc1)C(=O)CN(c1ccc(Cl)cc1)S(=O)(=O)c1ccc(C)cc1. The fourth-order valence-electron chi connectivity index (χ4n) is 4.82. The van der Waals surface area contributed by atoms with Gasteiger partial charge in [0.25, 0.3) is 10.0 Å². The summed E-state index contributed by atoms with van der Waals surface area (Å²) < 4.78 is 30.1. The van der Waals surface area contributed by atoms with E-state index < -0.39 is 28.5 Å². The van der Waals surface area contributed by atoms with Crippen LogP contribution in [0.4, 0.5) is 5.69 Å². The fraction of sp³-hybridized carbons (Fsp3) is 0.257. The molecule has 4 aromatic carbocycles. The first-order valence-corrected chi connectivity index (χ1v) is 17.4. The molecule has 0 aliphatic rings. The van der Waals surface area contributed by atoms with E-state index in [-0.39, 0.29) is 29.5 Å². The highest BCUT2D eigenvalue weighted by Crippen LogP contribution is 2.27. The predicted octanol–water partition coefficient (Wildman–Crippen LogP) is 7.16. The van der Waals surface area contributed by atoms with Crippen molar-refractivity contribution in [2.75, 3.05) is 17.4 Å². The Labute approximate surface area is 279 Å². The Morgan fingerprint density at radius 1 is 0.867 bits per heavy atom. The molecule has 1 atom stereocenters. The number of hydrogen-bond acceptors (Lipinski definition) is 4. The van der Waals surface area contributed by atoms with Crippen molar-refractivity contribution >= 4 is 55.1 Å². The summed E-state index contributed by atoms with van der Waals surface area (Å²) in [4.78, 5) is 29.8. The van der Waals surface area contributed by atoms with Crippen LogP contribution in [0.2, 0.25) is 5.02 Å². The van der Waals surface area contributed by atoms with E-state index in [1.165, 1.54) is 17.0 Å². The Morgan fingerprint density at radius 3 is 2.13 bits per heavy atom. The van der Waals surface area contributed by atoms with Crippen molar-refractivity contribution in [2.24, 2.45) is 0 Å². The van der Waals surface area contributed by atoms with Crippen molar-refractivity contribution in [3.63, 3.8) is 0 Å². The molecule has 0 heterocycles. The van der Waals surface area contributed by atoms with Crippen molar-refractivity contribution in [2.45, 2.75) is 50.6 Å². The Morgan fingerprint density at radius 2 is 1.51 bits per heavy atom. The first kappa shape index (κ1) is 34.2. The van der Waals surface area contributed by atoms with Gasteiger partial charge in [0, 0.05) is 29.0 Å². The second kappa shape index (κ2) is 16.1. The minimum absolute atomic E-state index is 0.0495. The molecule has 4 rings (SSSR count). The Balaban J connectivity index is 1.78. The Kier molecular flexibility index (Phi) is 12.2. The quantitative estimate of drug-likeness (QED) is 0.141. The van der Waals surface area contributed by atoms with Crippen LogP contribution in [0.25, 0.3) is 0 Å². The summed E-state index contributed by atoms with van der Waals surface area (Å²) in [6, 6.07) is 28.9. The van der Waals surface area contributed by atoms with Crippen molar-refractivity contribution in [3.8, 4) is 0 Å². The van der Waals surface area contributed by atoms with Crippen LogP contribution in [0.5, 0.6) is 0 Å². The van der Waals surface area contributed by atoms with Crippen molar-refractivity contribution in [1.82, 2.24) is 10.2 Å². The molecule has 0 saturated heterocycles. The minimum Gasteiger partial charge on any atom is -0.354 e. The summed E-state index contributed by atoms with van der Waals surface area (Å²) in [5.41, 5.74) is 2.86. The number of rotatable bonds is 14. The van der Waals surface area contributed by atoms with Gasteiger partial charge in [0.15, 0.2) is 0 Å². The highest BCUT2D eigenvalue weighted by atomic mass is 79.9. The fourth-order valence-corrected chi connectivity index (χ4v) is 6.62. The van der Waals surface area contributed by atoms with Crippen LogP contribution in [-0.2, 0) is 32.6 Å². The molecular weight excluding hydrogens is 674 g/mol. The van der Waals surface area contributed by atoms with Gasteiger partial charge in [0.05, 0.1) is 10.6 Å². The van der Waals surface area contributed by atoms with E-state index >= 15 is 0 Å². The molecular formula is C35H37BrClN3O4S. The van der Waals surface area contributed by atoms with Gasteiger partial charge in [0.2, 0.25) is 11.8 Å². The molecule has 0 aliphatic carbocycles. The lowest BCUT2D eigenvalue weighted by Gasteiger charge is -2.34. The largest absolute Gasteiger partial charge is 0.354 e. The zero-order valence-corrected chi connectivity index (χ0v) is 28.5. The Hall–Kier alpha value is -3.66. The third kappa shape index (κ3) is 9.42. The molecule has 0 aromatic heterocycles. The number of nitrogens with zero attached hydrogens (tertiary/aromatic N) is 2. The third-order valence-electron chi connectivity index (χ3n) is 7.37. The van der Waals surface area contributed by atoms with Crippen LogP contribution in [0.15, 0.2) is 112 Å². The van der Waals surface area contributed by atoms with Crippen LogP contribution in [0, 0.1) is 6.92 Å². The number of carbonyl (C=O) groups excluding carboxylic acids is 2. The normalized spacial score (nSPS) is 11.9. The lowest BCUT2D eigenvalue weighted by atomic mass is 10.0. The first-order valence-electron chi connectivity index (χ1n) is 14.8. The van der Waals surface area contributed by atoms with Gasteiger partial charge < -0.3 is 10.2 Å². The number of amides is 2.